The molecule has 0 radical (unpaired) electrons. The van der Waals surface area contributed by atoms with Gasteiger partial charge in [-0.2, -0.15) is 0 Å². The van der Waals surface area contributed by atoms with Crippen LogP contribution < -0.4 is 10.9 Å². The van der Waals surface area contributed by atoms with Gasteiger partial charge in [0.2, 0.25) is 11.8 Å². The number of likely N-dealkylation sites (tertiary alicyclic amines) is 1. The first-order valence-corrected chi connectivity index (χ1v) is 12.4. The third kappa shape index (κ3) is 5.99. The maximum atomic E-state index is 13.1. The minimum absolute atomic E-state index is 0.0831. The van der Waals surface area contributed by atoms with Gasteiger partial charge in [0, 0.05) is 30.6 Å². The van der Waals surface area contributed by atoms with Crippen LogP contribution in [0.2, 0.25) is 0 Å². The second-order valence-electron chi connectivity index (χ2n) is 10.7. The number of carbonyl (C=O) groups is 2. The molecule has 2 amide bonds. The number of rotatable bonds is 6. The van der Waals surface area contributed by atoms with Crippen LogP contribution >= 0.6 is 0 Å². The minimum Gasteiger partial charge on any atom is -0.388 e. The number of amides is 2. The van der Waals surface area contributed by atoms with Crippen LogP contribution in [0.15, 0.2) is 59.7 Å². The molecule has 2 aromatic carbocycles. The van der Waals surface area contributed by atoms with Gasteiger partial charge in [0.1, 0.15) is 0 Å². The Labute approximate surface area is 211 Å². The molecule has 1 aromatic heterocycles. The number of benzene rings is 2. The Morgan fingerprint density at radius 2 is 1.78 bits per heavy atom. The number of carbonyl (C=O) groups excluding carboxylic acids is 2. The average molecular weight is 491 g/mol. The molecule has 190 valence electrons. The zero-order valence-corrected chi connectivity index (χ0v) is 21.2. The summed E-state index contributed by atoms with van der Waals surface area (Å²) in [6, 6.07) is 14.9. The second-order valence-corrected chi connectivity index (χ2v) is 10.7. The van der Waals surface area contributed by atoms with Gasteiger partial charge in [-0.15, -0.1) is 0 Å². The molecule has 1 aliphatic heterocycles. The number of fused-ring (bicyclic) bond motifs is 1. The van der Waals surface area contributed by atoms with E-state index in [0.29, 0.717) is 55.4 Å². The van der Waals surface area contributed by atoms with Crippen molar-refractivity contribution in [3.8, 4) is 0 Å². The molecule has 1 fully saturated rings. The van der Waals surface area contributed by atoms with Gasteiger partial charge in [0.15, 0.2) is 0 Å². The van der Waals surface area contributed by atoms with Crippen LogP contribution in [0.5, 0.6) is 0 Å². The first-order valence-electron chi connectivity index (χ1n) is 12.4. The predicted octanol–water partition coefficient (Wildman–Crippen LogP) is 3.37. The molecule has 8 nitrogen and oxygen atoms in total. The summed E-state index contributed by atoms with van der Waals surface area (Å²) in [6.45, 7) is 6.51. The topological polar surface area (TPSA) is 105 Å². The fourth-order valence-corrected chi connectivity index (χ4v) is 4.37. The van der Waals surface area contributed by atoms with Gasteiger partial charge in [-0.05, 0) is 43.0 Å². The number of anilines is 1. The van der Waals surface area contributed by atoms with E-state index in [1.807, 2.05) is 51.1 Å². The molecule has 1 saturated heterocycles. The summed E-state index contributed by atoms with van der Waals surface area (Å²) in [5.41, 5.74) is 0.317. The van der Waals surface area contributed by atoms with E-state index in [1.54, 1.807) is 23.1 Å². The van der Waals surface area contributed by atoms with Crippen molar-refractivity contribution >= 4 is 28.4 Å². The number of hydrogen-bond donors (Lipinski definition) is 2. The second kappa shape index (κ2) is 10.2. The minimum atomic E-state index is -1.09. The van der Waals surface area contributed by atoms with Gasteiger partial charge in [0.05, 0.1) is 29.4 Å². The lowest BCUT2D eigenvalue weighted by molar-refractivity contribution is -0.135. The van der Waals surface area contributed by atoms with Crippen molar-refractivity contribution in [1.82, 2.24) is 14.5 Å². The fraction of sp³-hybridized carbons (Fsp3) is 0.429. The van der Waals surface area contributed by atoms with E-state index in [9.17, 15) is 19.5 Å². The van der Waals surface area contributed by atoms with Crippen molar-refractivity contribution in [2.75, 3.05) is 18.4 Å². The highest BCUT2D eigenvalue weighted by molar-refractivity contribution is 5.96. The summed E-state index contributed by atoms with van der Waals surface area (Å²) < 4.78 is 1.43. The highest BCUT2D eigenvalue weighted by atomic mass is 16.3. The molecule has 8 heteroatoms. The Hall–Kier alpha value is -3.52. The first-order chi connectivity index (χ1) is 17.0. The molecule has 4 rings (SSSR count). The van der Waals surface area contributed by atoms with E-state index in [-0.39, 0.29) is 23.9 Å². The van der Waals surface area contributed by atoms with E-state index in [4.69, 9.17) is 0 Å². The normalized spacial score (nSPS) is 15.6. The molecular weight excluding hydrogens is 456 g/mol. The number of aromatic nitrogens is 2. The van der Waals surface area contributed by atoms with Gasteiger partial charge < -0.3 is 15.3 Å². The smallest absolute Gasteiger partial charge is 0.261 e. The van der Waals surface area contributed by atoms with Gasteiger partial charge in [-0.25, -0.2) is 4.98 Å². The number of aryl methyl sites for hydroxylation is 1. The number of hydrogen-bond acceptors (Lipinski definition) is 5. The number of aliphatic hydroxyl groups is 1. The number of piperidine rings is 1. The maximum Gasteiger partial charge on any atom is 0.261 e. The standard InChI is InChI=1S/C28H34N4O4/c1-27(2,3)26(35)30-21-10-11-22-23(17-21)29-19-32(25(22)34)18-28(36)13-15-31(16-14-28)24(33)12-9-20-7-5-4-6-8-20/h4-8,10-11,17,19,36H,9,12-16,18H2,1-3H3,(H,30,35). The zero-order chi connectivity index (χ0) is 25.9. The third-order valence-corrected chi connectivity index (χ3v) is 6.75. The van der Waals surface area contributed by atoms with Crippen molar-refractivity contribution in [2.45, 2.75) is 58.6 Å². The van der Waals surface area contributed by atoms with E-state index in [1.165, 1.54) is 10.9 Å². The highest BCUT2D eigenvalue weighted by Crippen LogP contribution is 2.25. The average Bonchev–Trinajstić information content (AvgIpc) is 2.85. The van der Waals surface area contributed by atoms with E-state index < -0.39 is 11.0 Å². The SMILES string of the molecule is CC(C)(C)C(=O)Nc1ccc2c(=O)n(CC3(O)CCN(C(=O)CCc4ccccc4)CC3)cnc2c1. The largest absolute Gasteiger partial charge is 0.388 e. The molecule has 0 unspecified atom stereocenters. The van der Waals surface area contributed by atoms with Crippen LogP contribution in [0.1, 0.15) is 45.6 Å². The quantitative estimate of drug-likeness (QED) is 0.551. The molecule has 0 saturated carbocycles. The molecular formula is C28H34N4O4. The van der Waals surface area contributed by atoms with E-state index in [0.717, 1.165) is 5.56 Å². The van der Waals surface area contributed by atoms with Crippen molar-refractivity contribution < 1.29 is 14.7 Å². The molecule has 0 spiro atoms. The van der Waals surface area contributed by atoms with Crippen LogP contribution in [0.4, 0.5) is 5.69 Å². The van der Waals surface area contributed by atoms with Crippen molar-refractivity contribution in [3.63, 3.8) is 0 Å². The fourth-order valence-electron chi connectivity index (χ4n) is 4.37. The summed E-state index contributed by atoms with van der Waals surface area (Å²) in [4.78, 5) is 44.2. The molecule has 0 bridgehead atoms. The first kappa shape index (κ1) is 25.6. The van der Waals surface area contributed by atoms with Crippen LogP contribution in [0.25, 0.3) is 10.9 Å². The molecule has 2 heterocycles. The predicted molar refractivity (Wildman–Crippen MR) is 140 cm³/mol. The monoisotopic (exact) mass is 490 g/mol. The summed E-state index contributed by atoms with van der Waals surface area (Å²) in [7, 11) is 0. The van der Waals surface area contributed by atoms with Crippen LogP contribution in [0.3, 0.4) is 0 Å². The Bertz CT molecular complexity index is 1300. The Kier molecular flexibility index (Phi) is 7.26. The lowest BCUT2D eigenvalue weighted by Gasteiger charge is -2.38. The van der Waals surface area contributed by atoms with Crippen molar-refractivity contribution in [1.29, 1.82) is 0 Å². The van der Waals surface area contributed by atoms with Gasteiger partial charge >= 0.3 is 0 Å². The molecule has 36 heavy (non-hydrogen) atoms. The molecule has 0 atom stereocenters. The summed E-state index contributed by atoms with van der Waals surface area (Å²) in [5.74, 6) is -0.0397. The van der Waals surface area contributed by atoms with Gasteiger partial charge in [-0.1, -0.05) is 51.1 Å². The molecule has 1 aliphatic rings. The lowest BCUT2D eigenvalue weighted by atomic mass is 9.91. The summed E-state index contributed by atoms with van der Waals surface area (Å²) >= 11 is 0. The van der Waals surface area contributed by atoms with Crippen molar-refractivity contribution in [3.05, 3.63) is 70.8 Å². The van der Waals surface area contributed by atoms with Crippen LogP contribution in [-0.2, 0) is 22.6 Å². The third-order valence-electron chi connectivity index (χ3n) is 6.75. The Balaban J connectivity index is 1.38. The van der Waals surface area contributed by atoms with Crippen LogP contribution in [-0.4, -0.2) is 50.1 Å². The zero-order valence-electron chi connectivity index (χ0n) is 21.2. The van der Waals surface area contributed by atoms with Gasteiger partial charge in [0.25, 0.3) is 5.56 Å². The lowest BCUT2D eigenvalue weighted by Crippen LogP contribution is -2.49. The van der Waals surface area contributed by atoms with Crippen LogP contribution in [0, 0.1) is 5.41 Å². The molecule has 2 N–H and O–H groups in total. The Morgan fingerprint density at radius 1 is 1.08 bits per heavy atom. The molecule has 3 aromatic rings. The highest BCUT2D eigenvalue weighted by Gasteiger charge is 2.34. The summed E-state index contributed by atoms with van der Waals surface area (Å²) in [5, 5.41) is 14.4. The van der Waals surface area contributed by atoms with E-state index >= 15 is 0 Å². The molecule has 0 aliphatic carbocycles. The number of nitrogens with zero attached hydrogens (tertiary/aromatic N) is 3. The van der Waals surface area contributed by atoms with Crippen molar-refractivity contribution in [2.24, 2.45) is 5.41 Å². The van der Waals surface area contributed by atoms with Gasteiger partial charge in [-0.3, -0.25) is 19.0 Å². The summed E-state index contributed by atoms with van der Waals surface area (Å²) in [6.07, 6.45) is 3.36. The Morgan fingerprint density at radius 3 is 2.44 bits per heavy atom. The maximum absolute atomic E-state index is 13.1. The number of nitrogens with one attached hydrogen (secondary N) is 1. The van der Waals surface area contributed by atoms with E-state index in [2.05, 4.69) is 10.3 Å².